The Kier molecular flexibility index (Phi) is 12.1. The molecule has 2 aromatic rings. The van der Waals surface area contributed by atoms with Crippen LogP contribution in [0, 0.1) is 5.92 Å². The van der Waals surface area contributed by atoms with Crippen molar-refractivity contribution in [1.29, 1.82) is 0 Å². The van der Waals surface area contributed by atoms with Crippen molar-refractivity contribution in [2.45, 2.75) is 130 Å². The molecule has 0 bridgehead atoms. The molecule has 48 heavy (non-hydrogen) atoms. The van der Waals surface area contributed by atoms with Crippen LogP contribution < -0.4 is 19.7 Å². The number of carbonyl (C=O) groups is 3. The van der Waals surface area contributed by atoms with Gasteiger partial charge in [-0.05, 0) is 92.7 Å². The fourth-order valence-corrected chi connectivity index (χ4v) is 6.78. The predicted octanol–water partition coefficient (Wildman–Crippen LogP) is 7.94. The van der Waals surface area contributed by atoms with Crippen molar-refractivity contribution in [3.8, 4) is 11.5 Å². The molecule has 2 N–H and O–H groups in total. The molecule has 1 saturated heterocycles. The summed E-state index contributed by atoms with van der Waals surface area (Å²) in [5.74, 6) is -1.52. The molecule has 0 spiro atoms. The molecule has 3 unspecified atom stereocenters. The Balaban J connectivity index is 1.85. The first kappa shape index (κ1) is 38.9. The van der Waals surface area contributed by atoms with Crippen LogP contribution in [0.25, 0.3) is 0 Å². The molecule has 1 heterocycles. The van der Waals surface area contributed by atoms with Gasteiger partial charge in [-0.1, -0.05) is 79.7 Å². The minimum Gasteiger partial charge on any atom is -0.444 e. The largest absolute Gasteiger partial charge is 0.452 e. The van der Waals surface area contributed by atoms with E-state index in [1.807, 2.05) is 38.1 Å². The van der Waals surface area contributed by atoms with E-state index in [-0.39, 0.29) is 22.7 Å². The number of likely N-dealkylation sites (tertiary alicyclic amines) is 1. The summed E-state index contributed by atoms with van der Waals surface area (Å²) in [4.78, 5) is 41.6. The number of hydrogen-bond acceptors (Lipinski definition) is 7. The lowest BCUT2D eigenvalue weighted by molar-refractivity contribution is -0.140. The number of hydrogen-bond donors (Lipinski definition) is 2. The second kappa shape index (κ2) is 14.9. The van der Waals surface area contributed by atoms with E-state index in [2.05, 4.69) is 52.2 Å². The maximum Gasteiger partial charge on any atom is 0.452 e. The highest BCUT2D eigenvalue weighted by Gasteiger charge is 2.43. The van der Waals surface area contributed by atoms with Crippen molar-refractivity contribution < 1.29 is 32.7 Å². The zero-order valence-electron chi connectivity index (χ0n) is 30.8. The summed E-state index contributed by atoms with van der Waals surface area (Å²) in [6.45, 7) is 23.4. The summed E-state index contributed by atoms with van der Waals surface area (Å²) in [5.41, 5.74) is 1.25. The number of ether oxygens (including phenoxy) is 1. The van der Waals surface area contributed by atoms with Gasteiger partial charge in [-0.25, -0.2) is 9.36 Å². The molecule has 266 valence electrons. The molecular formula is C37H56N3O7P. The third kappa shape index (κ3) is 10.5. The zero-order chi connectivity index (χ0) is 36.2. The van der Waals surface area contributed by atoms with Crippen molar-refractivity contribution in [3.63, 3.8) is 0 Å². The van der Waals surface area contributed by atoms with E-state index in [9.17, 15) is 18.9 Å². The number of nitrogens with one attached hydrogen (secondary N) is 2. The van der Waals surface area contributed by atoms with Gasteiger partial charge in [0.15, 0.2) is 5.78 Å². The SMILES string of the molecule is CC(C)C(NC(=O)OC(C)(C)C)C(=O)N1CCCC1C(=O)NC(C)P(=O)(Oc1ccc(C(C)(C)C)cc1)Oc1ccc(C(C)(C)C)cc1. The van der Waals surface area contributed by atoms with Gasteiger partial charge in [0.05, 0.1) is 0 Å². The molecule has 1 fully saturated rings. The zero-order valence-corrected chi connectivity index (χ0v) is 31.7. The fourth-order valence-electron chi connectivity index (χ4n) is 5.31. The van der Waals surface area contributed by atoms with Gasteiger partial charge < -0.3 is 29.3 Å². The van der Waals surface area contributed by atoms with Gasteiger partial charge in [0, 0.05) is 6.54 Å². The van der Waals surface area contributed by atoms with Crippen LogP contribution in [0.1, 0.15) is 107 Å². The minimum atomic E-state index is -4.09. The molecule has 0 saturated carbocycles. The highest BCUT2D eigenvalue weighted by Crippen LogP contribution is 2.52. The Morgan fingerprint density at radius 3 is 1.62 bits per heavy atom. The van der Waals surface area contributed by atoms with E-state index < -0.39 is 43.1 Å². The van der Waals surface area contributed by atoms with Gasteiger partial charge in [0.1, 0.15) is 29.2 Å². The number of carbonyl (C=O) groups excluding carboxylic acids is 3. The lowest BCUT2D eigenvalue weighted by Gasteiger charge is -2.32. The summed E-state index contributed by atoms with van der Waals surface area (Å²) < 4.78 is 32.2. The van der Waals surface area contributed by atoms with Gasteiger partial charge in [-0.15, -0.1) is 0 Å². The molecule has 1 aliphatic rings. The molecule has 0 radical (unpaired) electrons. The van der Waals surface area contributed by atoms with Gasteiger partial charge in [0.2, 0.25) is 11.8 Å². The van der Waals surface area contributed by atoms with Crippen LogP contribution in [-0.2, 0) is 29.7 Å². The third-order valence-electron chi connectivity index (χ3n) is 8.17. The van der Waals surface area contributed by atoms with Crippen LogP contribution in [0.4, 0.5) is 4.79 Å². The maximum atomic E-state index is 14.6. The Labute approximate surface area is 287 Å². The quantitative estimate of drug-likeness (QED) is 0.244. The molecule has 0 aliphatic carbocycles. The fraction of sp³-hybridized carbons (Fsp3) is 0.595. The van der Waals surface area contributed by atoms with Crippen LogP contribution in [0.3, 0.4) is 0 Å². The standard InChI is InChI=1S/C37H56N3O7P/c1-24(2)31(39-34(43)45-37(10,11)12)33(42)40-23-13-14-30(40)32(41)38-25(3)48(44,46-28-19-15-26(16-20-28)35(4,5)6)47-29-21-17-27(18-22-29)36(7,8)9/h15-22,24-25,30-31H,13-14,23H2,1-12H3,(H,38,41)(H,39,43). The second-order valence-electron chi connectivity index (χ2n) is 16.0. The van der Waals surface area contributed by atoms with Crippen molar-refractivity contribution >= 4 is 25.5 Å². The predicted molar refractivity (Wildman–Crippen MR) is 189 cm³/mol. The van der Waals surface area contributed by atoms with E-state index in [4.69, 9.17) is 13.8 Å². The Hall–Kier alpha value is -3.52. The average molecular weight is 686 g/mol. The van der Waals surface area contributed by atoms with Gasteiger partial charge in [-0.2, -0.15) is 0 Å². The molecule has 2 aromatic carbocycles. The highest BCUT2D eigenvalue weighted by atomic mass is 31.2. The van der Waals surface area contributed by atoms with Gasteiger partial charge in [-0.3, -0.25) is 9.59 Å². The lowest BCUT2D eigenvalue weighted by atomic mass is 9.87. The van der Waals surface area contributed by atoms with Crippen molar-refractivity contribution in [1.82, 2.24) is 15.5 Å². The smallest absolute Gasteiger partial charge is 0.444 e. The van der Waals surface area contributed by atoms with E-state index in [1.54, 1.807) is 52.0 Å². The third-order valence-corrected chi connectivity index (χ3v) is 10.2. The van der Waals surface area contributed by atoms with Crippen LogP contribution in [0.5, 0.6) is 11.5 Å². The van der Waals surface area contributed by atoms with Crippen LogP contribution in [0.2, 0.25) is 0 Å². The minimum absolute atomic E-state index is 0.0869. The Bertz CT molecular complexity index is 1410. The average Bonchev–Trinajstić information content (AvgIpc) is 3.44. The number of nitrogens with zero attached hydrogens (tertiary/aromatic N) is 1. The first-order chi connectivity index (χ1) is 22.0. The molecular weight excluding hydrogens is 629 g/mol. The number of alkyl carbamates (subject to hydrolysis) is 1. The lowest BCUT2D eigenvalue weighted by Crippen LogP contribution is -2.56. The van der Waals surface area contributed by atoms with Crippen LogP contribution in [-0.4, -0.2) is 52.8 Å². The molecule has 3 rings (SSSR count). The van der Waals surface area contributed by atoms with E-state index >= 15 is 0 Å². The van der Waals surface area contributed by atoms with Crippen molar-refractivity contribution in [2.75, 3.05) is 6.54 Å². The first-order valence-electron chi connectivity index (χ1n) is 16.8. The van der Waals surface area contributed by atoms with Crippen molar-refractivity contribution in [2.24, 2.45) is 5.92 Å². The Morgan fingerprint density at radius 1 is 0.771 bits per heavy atom. The summed E-state index contributed by atoms with van der Waals surface area (Å²) in [6.07, 6.45) is 0.306. The highest BCUT2D eigenvalue weighted by molar-refractivity contribution is 7.55. The first-order valence-corrected chi connectivity index (χ1v) is 18.4. The normalized spacial score (nSPS) is 17.0. The van der Waals surface area contributed by atoms with Crippen LogP contribution >= 0.6 is 7.60 Å². The topological polar surface area (TPSA) is 123 Å². The van der Waals surface area contributed by atoms with E-state index in [0.29, 0.717) is 30.9 Å². The molecule has 1 aliphatic heterocycles. The summed E-state index contributed by atoms with van der Waals surface area (Å²) in [7, 11) is -4.09. The molecule has 3 amide bonds. The van der Waals surface area contributed by atoms with E-state index in [0.717, 1.165) is 11.1 Å². The molecule has 10 nitrogen and oxygen atoms in total. The van der Waals surface area contributed by atoms with E-state index in [1.165, 1.54) is 4.90 Å². The number of benzene rings is 2. The summed E-state index contributed by atoms with van der Waals surface area (Å²) >= 11 is 0. The molecule has 0 aromatic heterocycles. The number of rotatable bonds is 10. The molecule has 11 heteroatoms. The van der Waals surface area contributed by atoms with Crippen LogP contribution in [0.15, 0.2) is 48.5 Å². The summed E-state index contributed by atoms with van der Waals surface area (Å²) in [5, 5.41) is 5.53. The van der Waals surface area contributed by atoms with Gasteiger partial charge in [0.25, 0.3) is 0 Å². The second-order valence-corrected chi connectivity index (χ2v) is 18.2. The Morgan fingerprint density at radius 2 is 1.23 bits per heavy atom. The monoisotopic (exact) mass is 685 g/mol. The van der Waals surface area contributed by atoms with Gasteiger partial charge >= 0.3 is 13.7 Å². The summed E-state index contributed by atoms with van der Waals surface area (Å²) in [6, 6.07) is 12.9. The maximum absolute atomic E-state index is 14.6. The number of amides is 3. The van der Waals surface area contributed by atoms with Crippen molar-refractivity contribution in [3.05, 3.63) is 59.7 Å². The molecule has 3 atom stereocenters.